The average molecular weight is 270 g/mol. The zero-order valence-electron chi connectivity index (χ0n) is 8.36. The summed E-state index contributed by atoms with van der Waals surface area (Å²) in [4.78, 5) is 10.5. The molecule has 1 aromatic rings. The molecule has 0 saturated carbocycles. The summed E-state index contributed by atoms with van der Waals surface area (Å²) in [5.41, 5.74) is -1.24. The first-order valence-corrected chi connectivity index (χ1v) is 4.31. The fraction of sp³-hybridized carbons (Fsp3) is 0.100. The topological polar surface area (TPSA) is 37.3 Å². The molecule has 2 nitrogen and oxygen atoms in total. The molecule has 1 rings (SSSR count). The summed E-state index contributed by atoms with van der Waals surface area (Å²) < 4.78 is 74.7. The highest BCUT2D eigenvalue weighted by Gasteiger charge is 2.22. The van der Waals surface area contributed by atoms with Crippen molar-refractivity contribution < 1.29 is 36.2 Å². The van der Waals surface area contributed by atoms with E-state index in [0.29, 0.717) is 0 Å². The zero-order chi connectivity index (χ0) is 14.0. The molecule has 0 aliphatic rings. The Kier molecular flexibility index (Phi) is 4.00. The number of carbonyl (C=O) groups excluding carboxylic acids is 1. The Morgan fingerprint density at radius 2 is 1.67 bits per heavy atom. The lowest BCUT2D eigenvalue weighted by Gasteiger charge is -2.05. The molecule has 0 amide bonds. The van der Waals surface area contributed by atoms with E-state index < -0.39 is 46.8 Å². The quantitative estimate of drug-likeness (QED) is 0.301. The molecule has 0 radical (unpaired) electrons. The second-order valence-electron chi connectivity index (χ2n) is 3.08. The molecule has 0 heterocycles. The van der Waals surface area contributed by atoms with Gasteiger partial charge in [0.25, 0.3) is 6.43 Å². The Morgan fingerprint density at radius 3 is 2.17 bits per heavy atom. The maximum absolute atomic E-state index is 13.1. The van der Waals surface area contributed by atoms with Crippen LogP contribution < -0.4 is 0 Å². The van der Waals surface area contributed by atoms with Gasteiger partial charge in [-0.2, -0.15) is 0 Å². The second-order valence-corrected chi connectivity index (χ2v) is 3.08. The molecule has 98 valence electrons. The summed E-state index contributed by atoms with van der Waals surface area (Å²) in [6.45, 7) is 0. The van der Waals surface area contributed by atoms with E-state index in [1.54, 1.807) is 0 Å². The number of hydrogen-bond donors (Lipinski definition) is 1. The SMILES string of the molecule is O=C(/C=C(\O)c1cc(F)c(F)c(F)c1F)C(F)F. The van der Waals surface area contributed by atoms with Crippen molar-refractivity contribution in [2.24, 2.45) is 0 Å². The summed E-state index contributed by atoms with van der Waals surface area (Å²) in [6, 6.07) is 0.0400. The van der Waals surface area contributed by atoms with Crippen LogP contribution in [-0.4, -0.2) is 17.3 Å². The van der Waals surface area contributed by atoms with Crippen LogP contribution in [0.2, 0.25) is 0 Å². The van der Waals surface area contributed by atoms with Gasteiger partial charge in [0.2, 0.25) is 5.78 Å². The lowest BCUT2D eigenvalue weighted by Crippen LogP contribution is -2.08. The van der Waals surface area contributed by atoms with Gasteiger partial charge in [-0.05, 0) is 6.07 Å². The molecular formula is C10H4F6O2. The number of alkyl halides is 2. The lowest BCUT2D eigenvalue weighted by atomic mass is 10.1. The number of hydrogen-bond acceptors (Lipinski definition) is 2. The number of halogens is 6. The van der Waals surface area contributed by atoms with Gasteiger partial charge in [0.1, 0.15) is 5.76 Å². The van der Waals surface area contributed by atoms with Crippen LogP contribution in [0.1, 0.15) is 5.56 Å². The second kappa shape index (κ2) is 5.11. The molecule has 18 heavy (non-hydrogen) atoms. The highest BCUT2D eigenvalue weighted by molar-refractivity contribution is 5.97. The van der Waals surface area contributed by atoms with Crippen LogP contribution in [-0.2, 0) is 4.79 Å². The van der Waals surface area contributed by atoms with Gasteiger partial charge in [-0.15, -0.1) is 0 Å². The fourth-order valence-electron chi connectivity index (χ4n) is 1.03. The molecular weight excluding hydrogens is 266 g/mol. The summed E-state index contributed by atoms with van der Waals surface area (Å²) in [5.74, 6) is -11.5. The van der Waals surface area contributed by atoms with Crippen LogP contribution in [0, 0.1) is 23.3 Å². The number of aliphatic hydroxyl groups is 1. The minimum absolute atomic E-state index is 0.0400. The molecule has 0 fully saturated rings. The van der Waals surface area contributed by atoms with E-state index in [1.165, 1.54) is 0 Å². The summed E-state index contributed by atoms with van der Waals surface area (Å²) in [5, 5.41) is 9.07. The summed E-state index contributed by atoms with van der Waals surface area (Å²) >= 11 is 0. The molecule has 0 aliphatic carbocycles. The minimum Gasteiger partial charge on any atom is -0.507 e. The molecule has 0 aromatic heterocycles. The Bertz CT molecular complexity index is 524. The minimum atomic E-state index is -3.48. The number of benzene rings is 1. The Balaban J connectivity index is 3.31. The van der Waals surface area contributed by atoms with E-state index in [2.05, 4.69) is 0 Å². The third-order valence-corrected chi connectivity index (χ3v) is 1.87. The lowest BCUT2D eigenvalue weighted by molar-refractivity contribution is -0.124. The van der Waals surface area contributed by atoms with Crippen molar-refractivity contribution in [3.05, 3.63) is 41.0 Å². The van der Waals surface area contributed by atoms with E-state index in [0.717, 1.165) is 0 Å². The third kappa shape index (κ3) is 2.63. The monoisotopic (exact) mass is 270 g/mol. The average Bonchev–Trinajstić information content (AvgIpc) is 2.30. The molecule has 0 unspecified atom stereocenters. The van der Waals surface area contributed by atoms with Crippen molar-refractivity contribution in [3.63, 3.8) is 0 Å². The molecule has 0 bridgehead atoms. The van der Waals surface area contributed by atoms with E-state index in [-0.39, 0.29) is 12.1 Å². The van der Waals surface area contributed by atoms with Crippen molar-refractivity contribution in [3.8, 4) is 0 Å². The number of aliphatic hydroxyl groups excluding tert-OH is 1. The number of rotatable bonds is 3. The zero-order valence-corrected chi connectivity index (χ0v) is 8.36. The third-order valence-electron chi connectivity index (χ3n) is 1.87. The van der Waals surface area contributed by atoms with E-state index in [1.807, 2.05) is 0 Å². The molecule has 0 aliphatic heterocycles. The predicted octanol–water partition coefficient (Wildman–Crippen LogP) is 2.98. The fourth-order valence-corrected chi connectivity index (χ4v) is 1.03. The molecule has 1 N–H and O–H groups in total. The van der Waals surface area contributed by atoms with Crippen molar-refractivity contribution in [1.29, 1.82) is 0 Å². The van der Waals surface area contributed by atoms with Crippen molar-refractivity contribution in [1.82, 2.24) is 0 Å². The molecule has 0 atom stereocenters. The van der Waals surface area contributed by atoms with Gasteiger partial charge in [0.15, 0.2) is 23.3 Å². The Labute approximate surface area is 96.2 Å². The van der Waals surface area contributed by atoms with Gasteiger partial charge in [-0.3, -0.25) is 4.79 Å². The molecule has 1 aromatic carbocycles. The predicted molar refractivity (Wildman–Crippen MR) is 47.9 cm³/mol. The van der Waals surface area contributed by atoms with Crippen molar-refractivity contribution in [2.45, 2.75) is 6.43 Å². The highest BCUT2D eigenvalue weighted by atomic mass is 19.3. The van der Waals surface area contributed by atoms with E-state index >= 15 is 0 Å². The maximum Gasteiger partial charge on any atom is 0.300 e. The number of carbonyl (C=O) groups is 1. The molecule has 0 saturated heterocycles. The van der Waals surface area contributed by atoms with E-state index in [9.17, 15) is 31.1 Å². The van der Waals surface area contributed by atoms with Gasteiger partial charge >= 0.3 is 0 Å². The van der Waals surface area contributed by atoms with Gasteiger partial charge in [0, 0.05) is 6.08 Å². The van der Waals surface area contributed by atoms with E-state index in [4.69, 9.17) is 5.11 Å². The standard InChI is InChI=1S/C10H4F6O2/c11-4-1-3(7(12)9(14)8(4)13)5(17)2-6(18)10(15)16/h1-2,10,17H/b5-2-. The van der Waals surface area contributed by atoms with Crippen molar-refractivity contribution >= 4 is 11.5 Å². The number of ketones is 1. The maximum atomic E-state index is 13.1. The largest absolute Gasteiger partial charge is 0.507 e. The number of allylic oxidation sites excluding steroid dienone is 1. The highest BCUT2D eigenvalue weighted by Crippen LogP contribution is 2.23. The summed E-state index contributed by atoms with van der Waals surface area (Å²) in [6.07, 6.45) is -3.59. The first-order valence-electron chi connectivity index (χ1n) is 4.31. The van der Waals surface area contributed by atoms with Gasteiger partial charge in [0.05, 0.1) is 5.56 Å². The van der Waals surface area contributed by atoms with Crippen LogP contribution in [0.4, 0.5) is 26.3 Å². The smallest absolute Gasteiger partial charge is 0.300 e. The molecule has 0 spiro atoms. The van der Waals surface area contributed by atoms with Gasteiger partial charge < -0.3 is 5.11 Å². The van der Waals surface area contributed by atoms with Crippen LogP contribution in [0.5, 0.6) is 0 Å². The van der Waals surface area contributed by atoms with Crippen LogP contribution >= 0.6 is 0 Å². The van der Waals surface area contributed by atoms with Crippen LogP contribution in [0.15, 0.2) is 12.1 Å². The van der Waals surface area contributed by atoms with Crippen LogP contribution in [0.25, 0.3) is 5.76 Å². The van der Waals surface area contributed by atoms with Gasteiger partial charge in [-0.1, -0.05) is 0 Å². The van der Waals surface area contributed by atoms with Gasteiger partial charge in [-0.25, -0.2) is 26.3 Å². The first-order chi connectivity index (χ1) is 8.25. The molecule has 8 heteroatoms. The Morgan fingerprint density at radius 1 is 1.11 bits per heavy atom. The summed E-state index contributed by atoms with van der Waals surface area (Å²) in [7, 11) is 0. The normalized spacial score (nSPS) is 12.1. The Hall–Kier alpha value is -1.99. The van der Waals surface area contributed by atoms with Crippen LogP contribution in [0.3, 0.4) is 0 Å². The first kappa shape index (κ1) is 14.1. The van der Waals surface area contributed by atoms with Crippen molar-refractivity contribution in [2.75, 3.05) is 0 Å².